The Kier molecular flexibility index (Phi) is 26.8. The molecule has 3 fully saturated rings. The number of methoxy groups -OCH3 is 2. The number of aliphatic hydroxyl groups excluding tert-OH is 6. The second-order valence-electron chi connectivity index (χ2n) is 22.8. The molecule has 0 bridgehead atoms. The van der Waals surface area contributed by atoms with Crippen LogP contribution in [-0.2, 0) is 57.2 Å². The second kappa shape index (κ2) is 31.4. The predicted octanol–water partition coefficient (Wildman–Crippen LogP) is -0.539. The topological polar surface area (TPSA) is 363 Å². The summed E-state index contributed by atoms with van der Waals surface area (Å²) in [6.45, 7) is 16.0. The van der Waals surface area contributed by atoms with Crippen LogP contribution in [0.15, 0.2) is 30.3 Å². The van der Waals surface area contributed by atoms with Gasteiger partial charge in [-0.3, -0.25) is 24.0 Å². The third-order valence-electron chi connectivity index (χ3n) is 16.3. The molecule has 12 N–H and O–H groups in total. The van der Waals surface area contributed by atoms with Gasteiger partial charge in [-0.2, -0.15) is 0 Å². The maximum absolute atomic E-state index is 14.5. The van der Waals surface area contributed by atoms with Crippen molar-refractivity contribution in [2.75, 3.05) is 41.0 Å². The summed E-state index contributed by atoms with van der Waals surface area (Å²) in [6.07, 6.45) is -15.1. The number of benzene rings is 1. The molecule has 3 aliphatic heterocycles. The molecule has 3 saturated heterocycles. The van der Waals surface area contributed by atoms with Crippen LogP contribution in [0.4, 0.5) is 0 Å². The zero-order valence-corrected chi connectivity index (χ0v) is 49.2. The Bertz CT molecular complexity index is 2180. The Hall–Kier alpha value is -4.48. The Morgan fingerprint density at radius 2 is 1.49 bits per heavy atom. The van der Waals surface area contributed by atoms with E-state index in [4.69, 9.17) is 28.4 Å². The van der Waals surface area contributed by atoms with Crippen LogP contribution >= 0.6 is 0 Å². The fourth-order valence-electron chi connectivity index (χ4n) is 11.2. The van der Waals surface area contributed by atoms with Gasteiger partial charge in [-0.05, 0) is 50.1 Å². The number of nitrogens with zero attached hydrogens (tertiary/aromatic N) is 1. The highest BCUT2D eigenvalue weighted by atomic mass is 16.7. The van der Waals surface area contributed by atoms with Gasteiger partial charge in [0.25, 0.3) is 5.79 Å². The molecule has 5 amide bonds. The summed E-state index contributed by atoms with van der Waals surface area (Å²) in [5.74, 6) is -8.91. The minimum atomic E-state index is -2.76. The number of hydrogen-bond donors (Lipinski definition) is 12. The largest absolute Gasteiger partial charge is 0.477 e. The van der Waals surface area contributed by atoms with Gasteiger partial charge in [0.15, 0.2) is 6.29 Å². The zero-order chi connectivity index (χ0) is 60.8. The third kappa shape index (κ3) is 17.3. The molecular formula is C56H94N6O19. The van der Waals surface area contributed by atoms with Crippen LogP contribution < -0.4 is 26.6 Å². The van der Waals surface area contributed by atoms with E-state index in [1.807, 2.05) is 41.5 Å². The van der Waals surface area contributed by atoms with Crippen LogP contribution in [0.25, 0.3) is 0 Å². The lowest BCUT2D eigenvalue weighted by atomic mass is 9.88. The Balaban J connectivity index is 1.52. The number of likely N-dealkylation sites (tertiary alicyclic amines) is 1. The van der Waals surface area contributed by atoms with Crippen molar-refractivity contribution in [2.24, 2.45) is 29.6 Å². The molecule has 4 rings (SSSR count). The highest BCUT2D eigenvalue weighted by Gasteiger charge is 2.57. The average molecular weight is 1160 g/mol. The maximum atomic E-state index is 14.5. The maximum Gasteiger partial charge on any atom is 0.364 e. The van der Waals surface area contributed by atoms with Gasteiger partial charge in [-0.25, -0.2) is 4.79 Å². The van der Waals surface area contributed by atoms with E-state index in [0.717, 1.165) is 6.92 Å². The van der Waals surface area contributed by atoms with Crippen molar-refractivity contribution in [3.63, 3.8) is 0 Å². The van der Waals surface area contributed by atoms with Gasteiger partial charge in [0.2, 0.25) is 29.5 Å². The van der Waals surface area contributed by atoms with Crippen molar-refractivity contribution < 1.29 is 92.9 Å². The smallest absolute Gasteiger partial charge is 0.364 e. The highest BCUT2D eigenvalue weighted by Crippen LogP contribution is 2.37. The molecule has 25 nitrogen and oxygen atoms in total. The Morgan fingerprint density at radius 3 is 2.04 bits per heavy atom. The van der Waals surface area contributed by atoms with Crippen LogP contribution in [0.3, 0.4) is 0 Å². The van der Waals surface area contributed by atoms with Crippen molar-refractivity contribution in [1.29, 1.82) is 0 Å². The van der Waals surface area contributed by atoms with Gasteiger partial charge in [0.1, 0.15) is 42.7 Å². The lowest BCUT2D eigenvalue weighted by Gasteiger charge is -2.47. The summed E-state index contributed by atoms with van der Waals surface area (Å²) in [5, 5.41) is 89.7. The van der Waals surface area contributed by atoms with E-state index in [-0.39, 0.29) is 36.0 Å². The predicted molar refractivity (Wildman–Crippen MR) is 292 cm³/mol. The van der Waals surface area contributed by atoms with Crippen molar-refractivity contribution >= 4 is 35.5 Å². The number of amides is 5. The summed E-state index contributed by atoms with van der Waals surface area (Å²) >= 11 is 0. The molecule has 0 aliphatic carbocycles. The first kappa shape index (κ1) is 69.0. The SMILES string of the molecule is CCC(C)C(NC(=O)C(NC(=O)C(NC)C(C)C)C(C)C)C(CC(=O)N1CCCC1C(OC)C(C)C(=O)NC(C)C(OC1OC(COC2(C(=O)O)CC(O)C(NC(C)=O)C(C(O)C(O)CO)O2)C(O)C(C)C1O)c1ccccc1)OC. The van der Waals surface area contributed by atoms with Crippen LogP contribution in [0.1, 0.15) is 113 Å². The van der Waals surface area contributed by atoms with Crippen molar-refractivity contribution in [3.8, 4) is 0 Å². The first-order valence-electron chi connectivity index (χ1n) is 28.3. The number of carbonyl (C=O) groups is 6. The number of carboxylic acid groups (broad SMARTS) is 1. The average Bonchev–Trinajstić information content (AvgIpc) is 4.03. The molecular weight excluding hydrogens is 1060 g/mol. The normalized spacial score (nSPS) is 29.2. The molecule has 3 heterocycles. The number of rotatable bonds is 30. The molecule has 0 aromatic heterocycles. The lowest BCUT2D eigenvalue weighted by molar-refractivity contribution is -0.338. The van der Waals surface area contributed by atoms with Gasteiger partial charge >= 0.3 is 5.97 Å². The molecule has 21 unspecified atom stereocenters. The number of carboxylic acids is 1. The number of hydrogen-bond acceptors (Lipinski definition) is 19. The molecule has 462 valence electrons. The molecule has 81 heavy (non-hydrogen) atoms. The van der Waals surface area contributed by atoms with Crippen molar-refractivity contribution in [2.45, 2.75) is 211 Å². The van der Waals surface area contributed by atoms with Crippen LogP contribution in [0.2, 0.25) is 0 Å². The van der Waals surface area contributed by atoms with Gasteiger partial charge in [0, 0.05) is 40.0 Å². The summed E-state index contributed by atoms with van der Waals surface area (Å²) in [6, 6.07) is 3.90. The van der Waals surface area contributed by atoms with Crippen LogP contribution in [0, 0.1) is 29.6 Å². The molecule has 0 saturated carbocycles. The van der Waals surface area contributed by atoms with E-state index in [1.165, 1.54) is 21.1 Å². The number of aliphatic carboxylic acids is 1. The van der Waals surface area contributed by atoms with Gasteiger partial charge in [-0.1, -0.05) is 92.1 Å². The zero-order valence-electron chi connectivity index (χ0n) is 49.2. The number of likely N-dealkylation sites (N-methyl/N-ethyl adjacent to an activating group) is 1. The molecule has 3 aliphatic rings. The van der Waals surface area contributed by atoms with E-state index >= 15 is 0 Å². The molecule has 1 aromatic rings. The fourth-order valence-corrected chi connectivity index (χ4v) is 11.2. The quantitative estimate of drug-likeness (QED) is 0.0460. The first-order chi connectivity index (χ1) is 38.1. The number of ether oxygens (including phenoxy) is 6. The standard InChI is InChI=1S/C56H94N6O19/c1-14-29(6)43(61-53(73)42(28(4)5)60-52(72)41(57-11)27(2)3)38(76-12)23-40(67)62-22-18-21-35(62)48(77-13)31(8)51(71)58-32(9)49(34-19-16-15-17-20-34)80-54-46(69)30(7)45(68)39(79-54)26-78-56(55(74)75)24-36(65)44(59-33(10)64)50(81-56)47(70)37(66)25-63/h15-17,19-20,27-32,35-39,41-50,54,57,63,65-66,68-70H,14,18,21-26H2,1-13H3,(H,58,71)(H,59,64)(H,60,72)(H,61,73)(H,74,75). The minimum Gasteiger partial charge on any atom is -0.477 e. The fraction of sp³-hybridized carbons (Fsp3) is 0.786. The van der Waals surface area contributed by atoms with E-state index < -0.39 is 165 Å². The third-order valence-corrected chi connectivity index (χ3v) is 16.3. The minimum absolute atomic E-state index is 0.0289. The van der Waals surface area contributed by atoms with E-state index in [9.17, 15) is 64.5 Å². The number of aliphatic hydroxyl groups is 6. The monoisotopic (exact) mass is 1150 g/mol. The summed E-state index contributed by atoms with van der Waals surface area (Å²) in [5.41, 5.74) is 0.548. The van der Waals surface area contributed by atoms with E-state index in [2.05, 4.69) is 26.6 Å². The molecule has 25 heteroatoms. The first-order valence-corrected chi connectivity index (χ1v) is 28.3. The van der Waals surface area contributed by atoms with Gasteiger partial charge in [-0.15, -0.1) is 0 Å². The Labute approximate surface area is 475 Å². The highest BCUT2D eigenvalue weighted by molar-refractivity contribution is 5.90. The Morgan fingerprint density at radius 1 is 0.864 bits per heavy atom. The van der Waals surface area contributed by atoms with E-state index in [0.29, 0.717) is 31.4 Å². The van der Waals surface area contributed by atoms with Crippen LogP contribution in [0.5, 0.6) is 0 Å². The van der Waals surface area contributed by atoms with E-state index in [1.54, 1.807) is 56.1 Å². The number of nitrogens with one attached hydrogen (secondary N) is 5. The molecule has 0 spiro atoms. The molecule has 1 aromatic carbocycles. The summed E-state index contributed by atoms with van der Waals surface area (Å²) < 4.78 is 36.2. The van der Waals surface area contributed by atoms with Gasteiger partial charge in [0.05, 0.1) is 80.2 Å². The van der Waals surface area contributed by atoms with Crippen molar-refractivity contribution in [3.05, 3.63) is 35.9 Å². The van der Waals surface area contributed by atoms with Gasteiger partial charge < -0.3 is 95.7 Å². The molecule has 0 radical (unpaired) electrons. The molecule has 21 atom stereocenters. The number of carbonyl (C=O) groups excluding carboxylic acids is 5. The summed E-state index contributed by atoms with van der Waals surface area (Å²) in [4.78, 5) is 82.8. The summed E-state index contributed by atoms with van der Waals surface area (Å²) in [7, 11) is 4.65. The van der Waals surface area contributed by atoms with Crippen molar-refractivity contribution in [1.82, 2.24) is 31.5 Å². The second-order valence-corrected chi connectivity index (χ2v) is 22.8. The lowest BCUT2D eigenvalue weighted by Crippen LogP contribution is -2.68. The van der Waals surface area contributed by atoms with Crippen LogP contribution in [-0.4, -0.2) is 220 Å².